The Kier molecular flexibility index (Phi) is 5.17. The lowest BCUT2D eigenvalue weighted by Crippen LogP contribution is -2.58. The summed E-state index contributed by atoms with van der Waals surface area (Å²) in [6, 6.07) is 10.3. The number of carbonyl (C=O) groups is 1. The zero-order chi connectivity index (χ0) is 23.6. The van der Waals surface area contributed by atoms with Gasteiger partial charge in [0.2, 0.25) is 0 Å². The van der Waals surface area contributed by atoms with Crippen LogP contribution >= 0.6 is 0 Å². The summed E-state index contributed by atoms with van der Waals surface area (Å²) in [6.45, 7) is 5.37. The number of aliphatic hydroxyl groups is 1. The van der Waals surface area contributed by atoms with Crippen LogP contribution in [0, 0.1) is 0 Å². The van der Waals surface area contributed by atoms with Crippen molar-refractivity contribution in [1.82, 2.24) is 14.4 Å². The van der Waals surface area contributed by atoms with E-state index in [9.17, 15) is 23.1 Å². The maximum absolute atomic E-state index is 13.6. The van der Waals surface area contributed by atoms with Gasteiger partial charge in [-0.25, -0.2) is 0 Å². The van der Waals surface area contributed by atoms with E-state index < -0.39 is 23.0 Å². The van der Waals surface area contributed by atoms with E-state index in [1.807, 2.05) is 4.90 Å². The van der Waals surface area contributed by atoms with Crippen molar-refractivity contribution >= 4 is 5.91 Å². The van der Waals surface area contributed by atoms with Gasteiger partial charge >= 0.3 is 6.18 Å². The molecule has 5 nitrogen and oxygen atoms in total. The second kappa shape index (κ2) is 7.60. The molecule has 3 aliphatic rings. The summed E-state index contributed by atoms with van der Waals surface area (Å²) in [5.74, 6) is -0.0766. The second-order valence-electron chi connectivity index (χ2n) is 10.1. The highest BCUT2D eigenvalue weighted by Crippen LogP contribution is 2.48. The van der Waals surface area contributed by atoms with Crippen LogP contribution in [0.4, 0.5) is 13.2 Å². The van der Waals surface area contributed by atoms with Gasteiger partial charge in [0, 0.05) is 43.5 Å². The van der Waals surface area contributed by atoms with Crippen molar-refractivity contribution in [1.29, 1.82) is 0 Å². The average Bonchev–Trinajstić information content (AvgIpc) is 3.49. The lowest BCUT2D eigenvalue weighted by atomic mass is 9.80. The number of amides is 1. The molecule has 0 atom stereocenters. The molecule has 0 bridgehead atoms. The van der Waals surface area contributed by atoms with E-state index in [-0.39, 0.29) is 5.91 Å². The molecule has 8 heteroatoms. The normalized spacial score (nSPS) is 21.3. The molecule has 33 heavy (non-hydrogen) atoms. The molecular formula is C25H30F3N3O2. The zero-order valence-corrected chi connectivity index (χ0v) is 19.0. The van der Waals surface area contributed by atoms with E-state index in [0.717, 1.165) is 24.1 Å². The molecule has 0 unspecified atom stereocenters. The molecule has 3 heterocycles. The van der Waals surface area contributed by atoms with Crippen LogP contribution in [-0.2, 0) is 23.9 Å². The highest BCUT2D eigenvalue weighted by Gasteiger charge is 2.52. The number of halogens is 3. The average molecular weight is 462 g/mol. The molecule has 1 aromatic heterocycles. The number of alkyl halides is 3. The third kappa shape index (κ3) is 3.87. The molecular weight excluding hydrogens is 431 g/mol. The van der Waals surface area contributed by atoms with Crippen molar-refractivity contribution in [3.05, 3.63) is 58.9 Å². The molecule has 1 N–H and O–H groups in total. The molecule has 2 aromatic rings. The fraction of sp³-hybridized carbons (Fsp3) is 0.560. The Balaban J connectivity index is 1.38. The molecule has 2 aliphatic heterocycles. The summed E-state index contributed by atoms with van der Waals surface area (Å²) >= 11 is 0. The van der Waals surface area contributed by atoms with Gasteiger partial charge in [-0.2, -0.15) is 13.2 Å². The van der Waals surface area contributed by atoms with Crippen LogP contribution in [0.25, 0.3) is 0 Å². The highest BCUT2D eigenvalue weighted by molar-refractivity contribution is 5.94. The summed E-state index contributed by atoms with van der Waals surface area (Å²) in [5, 5.41) is 10.1. The largest absolute Gasteiger partial charge is 0.431 e. The van der Waals surface area contributed by atoms with Crippen molar-refractivity contribution in [2.45, 2.75) is 69.4 Å². The third-order valence-corrected chi connectivity index (χ3v) is 7.57. The standard InChI is InChI=1S/C25H30F3N3O2/c1-23(2,33)18-5-3-17(4-6-18)22(32)29-13-11-24(12-14-29)20-9-10-21(25(26,27)28)30(20)15-16-31(24)19-7-8-19/h3-6,9-10,19,33H,7-8,11-16H2,1-2H3. The van der Waals surface area contributed by atoms with Gasteiger partial charge in [-0.05, 0) is 69.4 Å². The Labute approximate surface area is 191 Å². The van der Waals surface area contributed by atoms with Gasteiger partial charge < -0.3 is 14.6 Å². The van der Waals surface area contributed by atoms with Crippen LogP contribution in [0.3, 0.4) is 0 Å². The molecule has 1 spiro atoms. The predicted molar refractivity (Wildman–Crippen MR) is 118 cm³/mol. The SMILES string of the molecule is CC(C)(O)c1ccc(C(=O)N2CCC3(CC2)c2ccc(C(F)(F)F)n2CCN3C2CC2)cc1. The molecule has 0 radical (unpaired) electrons. The van der Waals surface area contributed by atoms with Gasteiger partial charge in [0.05, 0.1) is 11.1 Å². The molecule has 1 saturated carbocycles. The summed E-state index contributed by atoms with van der Waals surface area (Å²) in [7, 11) is 0. The molecule has 1 amide bonds. The fourth-order valence-corrected chi connectivity index (χ4v) is 5.68. The van der Waals surface area contributed by atoms with Crippen LogP contribution < -0.4 is 0 Å². The molecule has 2 fully saturated rings. The highest BCUT2D eigenvalue weighted by atomic mass is 19.4. The minimum absolute atomic E-state index is 0.0766. The Morgan fingerprint density at radius 3 is 2.15 bits per heavy atom. The van der Waals surface area contributed by atoms with Gasteiger partial charge in [0.1, 0.15) is 5.69 Å². The Morgan fingerprint density at radius 2 is 1.61 bits per heavy atom. The minimum atomic E-state index is -4.37. The van der Waals surface area contributed by atoms with E-state index in [4.69, 9.17) is 0 Å². The lowest BCUT2D eigenvalue weighted by molar-refractivity contribution is -0.145. The van der Waals surface area contributed by atoms with Crippen LogP contribution in [0.2, 0.25) is 0 Å². The van der Waals surface area contributed by atoms with Crippen LogP contribution in [0.5, 0.6) is 0 Å². The van der Waals surface area contributed by atoms with Crippen molar-refractivity contribution in [2.24, 2.45) is 0 Å². The minimum Gasteiger partial charge on any atom is -0.386 e. The van der Waals surface area contributed by atoms with E-state index in [0.29, 0.717) is 50.6 Å². The first-order chi connectivity index (χ1) is 15.5. The fourth-order valence-electron chi connectivity index (χ4n) is 5.68. The Morgan fingerprint density at radius 1 is 0.970 bits per heavy atom. The first kappa shape index (κ1) is 22.5. The number of fused-ring (bicyclic) bond motifs is 2. The maximum Gasteiger partial charge on any atom is 0.431 e. The number of carbonyl (C=O) groups excluding carboxylic acids is 1. The quantitative estimate of drug-likeness (QED) is 0.740. The van der Waals surface area contributed by atoms with Crippen molar-refractivity contribution in [2.75, 3.05) is 19.6 Å². The van der Waals surface area contributed by atoms with Crippen molar-refractivity contribution < 1.29 is 23.1 Å². The van der Waals surface area contributed by atoms with Crippen molar-refractivity contribution in [3.8, 4) is 0 Å². The number of aromatic nitrogens is 1. The molecule has 1 aliphatic carbocycles. The summed E-state index contributed by atoms with van der Waals surface area (Å²) in [6.07, 6.45) is -0.945. The second-order valence-corrected chi connectivity index (χ2v) is 10.1. The zero-order valence-electron chi connectivity index (χ0n) is 19.0. The summed E-state index contributed by atoms with van der Waals surface area (Å²) in [4.78, 5) is 17.4. The van der Waals surface area contributed by atoms with Gasteiger partial charge in [0.15, 0.2) is 0 Å². The molecule has 1 aromatic carbocycles. The smallest absolute Gasteiger partial charge is 0.386 e. The lowest BCUT2D eigenvalue weighted by Gasteiger charge is -2.52. The number of benzene rings is 1. The Hall–Kier alpha value is -2.32. The monoisotopic (exact) mass is 461 g/mol. The van der Waals surface area contributed by atoms with Crippen molar-refractivity contribution in [3.63, 3.8) is 0 Å². The molecule has 5 rings (SSSR count). The molecule has 1 saturated heterocycles. The number of nitrogens with zero attached hydrogens (tertiary/aromatic N) is 3. The molecule has 178 valence electrons. The number of piperidine rings is 1. The van der Waals surface area contributed by atoms with Crippen LogP contribution in [-0.4, -0.2) is 51.1 Å². The Bertz CT molecular complexity index is 1040. The number of rotatable bonds is 3. The third-order valence-electron chi connectivity index (χ3n) is 7.57. The number of hydrogen-bond acceptors (Lipinski definition) is 3. The summed E-state index contributed by atoms with van der Waals surface area (Å²) in [5.41, 5.74) is 0.0397. The van der Waals surface area contributed by atoms with Crippen LogP contribution in [0.15, 0.2) is 36.4 Å². The maximum atomic E-state index is 13.6. The first-order valence-electron chi connectivity index (χ1n) is 11.7. The van der Waals surface area contributed by atoms with Gasteiger partial charge in [-0.1, -0.05) is 12.1 Å². The number of likely N-dealkylation sites (tertiary alicyclic amines) is 1. The van der Waals surface area contributed by atoms with Gasteiger partial charge in [0.25, 0.3) is 5.91 Å². The van der Waals surface area contributed by atoms with Gasteiger partial charge in [-0.3, -0.25) is 9.69 Å². The van der Waals surface area contributed by atoms with E-state index in [1.54, 1.807) is 44.2 Å². The summed E-state index contributed by atoms with van der Waals surface area (Å²) < 4.78 is 42.2. The number of hydrogen-bond donors (Lipinski definition) is 1. The van der Waals surface area contributed by atoms with E-state index in [2.05, 4.69) is 4.90 Å². The van der Waals surface area contributed by atoms with E-state index in [1.165, 1.54) is 10.6 Å². The first-order valence-corrected chi connectivity index (χ1v) is 11.7. The van der Waals surface area contributed by atoms with Gasteiger partial charge in [-0.15, -0.1) is 0 Å². The van der Waals surface area contributed by atoms with Crippen LogP contribution in [0.1, 0.15) is 66.8 Å². The topological polar surface area (TPSA) is 48.7 Å². The predicted octanol–water partition coefficient (Wildman–Crippen LogP) is 4.34. The van der Waals surface area contributed by atoms with E-state index >= 15 is 0 Å².